The summed E-state index contributed by atoms with van der Waals surface area (Å²) in [5.74, 6) is 0.971. The van der Waals surface area contributed by atoms with Gasteiger partial charge in [0.05, 0.1) is 5.69 Å². The number of aryl methyl sites for hydroxylation is 2. The number of nitrogen functional groups attached to an aromatic ring is 1. The normalized spacial score (nSPS) is 10.3. The largest absolute Gasteiger partial charge is 0.455 e. The average molecular weight is 231 g/mol. The molecule has 0 saturated carbocycles. The smallest absolute Gasteiger partial charge is 0.153 e. The molecule has 0 saturated heterocycles. The number of para-hydroxylation sites is 1. The van der Waals surface area contributed by atoms with E-state index in [9.17, 15) is 4.39 Å². The first kappa shape index (κ1) is 11.5. The van der Waals surface area contributed by atoms with Crippen LogP contribution in [0, 0.1) is 19.7 Å². The predicted molar refractivity (Wildman–Crippen MR) is 66.8 cm³/mol. The Balaban J connectivity index is 2.35. The molecule has 0 aliphatic heterocycles. The van der Waals surface area contributed by atoms with Gasteiger partial charge in [-0.3, -0.25) is 0 Å². The number of ether oxygens (including phenoxy) is 1. The summed E-state index contributed by atoms with van der Waals surface area (Å²) in [5, 5.41) is 0. The van der Waals surface area contributed by atoms with E-state index in [1.807, 2.05) is 19.1 Å². The zero-order valence-corrected chi connectivity index (χ0v) is 9.83. The molecule has 2 nitrogen and oxygen atoms in total. The fourth-order valence-electron chi connectivity index (χ4n) is 1.61. The molecule has 0 spiro atoms. The highest BCUT2D eigenvalue weighted by Crippen LogP contribution is 2.31. The van der Waals surface area contributed by atoms with Crippen molar-refractivity contribution in [2.75, 3.05) is 5.73 Å². The van der Waals surface area contributed by atoms with Crippen LogP contribution in [0.5, 0.6) is 11.5 Å². The van der Waals surface area contributed by atoms with Crippen LogP contribution in [0.4, 0.5) is 10.1 Å². The Labute approximate surface area is 99.8 Å². The maximum atomic E-state index is 13.1. The van der Waals surface area contributed by atoms with Gasteiger partial charge >= 0.3 is 0 Å². The SMILES string of the molecule is Cc1cc(Oc2c(C)cccc2N)ccc1F. The van der Waals surface area contributed by atoms with Crippen LogP contribution < -0.4 is 10.5 Å². The van der Waals surface area contributed by atoms with Crippen molar-refractivity contribution in [3.63, 3.8) is 0 Å². The molecule has 2 rings (SSSR count). The lowest BCUT2D eigenvalue weighted by Gasteiger charge is -2.11. The summed E-state index contributed by atoms with van der Waals surface area (Å²) in [5.41, 5.74) is 7.92. The standard InChI is InChI=1S/C14H14FNO/c1-9-4-3-5-13(16)14(9)17-11-6-7-12(15)10(2)8-11/h3-8H,16H2,1-2H3. The summed E-state index contributed by atoms with van der Waals surface area (Å²) in [6, 6.07) is 10.2. The Bertz CT molecular complexity index is 532. The zero-order chi connectivity index (χ0) is 12.4. The van der Waals surface area contributed by atoms with E-state index < -0.39 is 0 Å². The van der Waals surface area contributed by atoms with E-state index in [2.05, 4.69) is 0 Å². The summed E-state index contributed by atoms with van der Waals surface area (Å²) in [4.78, 5) is 0. The molecule has 0 fully saturated rings. The molecule has 2 N–H and O–H groups in total. The minimum atomic E-state index is -0.241. The van der Waals surface area contributed by atoms with Gasteiger partial charge in [-0.1, -0.05) is 12.1 Å². The molecule has 0 aliphatic carbocycles. The molecule has 17 heavy (non-hydrogen) atoms. The first-order chi connectivity index (χ1) is 8.08. The highest BCUT2D eigenvalue weighted by molar-refractivity contribution is 5.57. The second-order valence-corrected chi connectivity index (χ2v) is 4.01. The van der Waals surface area contributed by atoms with Crippen molar-refractivity contribution < 1.29 is 9.13 Å². The highest BCUT2D eigenvalue weighted by Gasteiger charge is 2.06. The minimum absolute atomic E-state index is 0.241. The van der Waals surface area contributed by atoms with Crippen molar-refractivity contribution >= 4 is 5.69 Å². The van der Waals surface area contributed by atoms with Gasteiger partial charge in [-0.15, -0.1) is 0 Å². The lowest BCUT2D eigenvalue weighted by molar-refractivity contribution is 0.478. The average Bonchev–Trinajstić information content (AvgIpc) is 2.28. The van der Waals surface area contributed by atoms with Gasteiger partial charge in [0.2, 0.25) is 0 Å². The third-order valence-electron chi connectivity index (χ3n) is 2.59. The van der Waals surface area contributed by atoms with E-state index in [0.29, 0.717) is 22.7 Å². The quantitative estimate of drug-likeness (QED) is 0.797. The third kappa shape index (κ3) is 2.38. The summed E-state index contributed by atoms with van der Waals surface area (Å²) in [7, 11) is 0. The van der Waals surface area contributed by atoms with E-state index in [1.165, 1.54) is 6.07 Å². The van der Waals surface area contributed by atoms with Gasteiger partial charge in [-0.2, -0.15) is 0 Å². The van der Waals surface area contributed by atoms with Gasteiger partial charge in [-0.25, -0.2) is 4.39 Å². The van der Waals surface area contributed by atoms with Crippen LogP contribution in [0.25, 0.3) is 0 Å². The summed E-state index contributed by atoms with van der Waals surface area (Å²) < 4.78 is 18.8. The molecule has 0 heterocycles. The monoisotopic (exact) mass is 231 g/mol. The fourth-order valence-corrected chi connectivity index (χ4v) is 1.61. The summed E-state index contributed by atoms with van der Waals surface area (Å²) in [6.45, 7) is 3.62. The van der Waals surface area contributed by atoms with E-state index in [0.717, 1.165) is 5.56 Å². The van der Waals surface area contributed by atoms with Crippen molar-refractivity contribution in [2.24, 2.45) is 0 Å². The van der Waals surface area contributed by atoms with Crippen molar-refractivity contribution in [1.82, 2.24) is 0 Å². The van der Waals surface area contributed by atoms with Crippen LogP contribution in [-0.2, 0) is 0 Å². The Morgan fingerprint density at radius 2 is 1.82 bits per heavy atom. The molecule has 0 aliphatic rings. The third-order valence-corrected chi connectivity index (χ3v) is 2.59. The number of hydrogen-bond donors (Lipinski definition) is 1. The molecule has 3 heteroatoms. The molecule has 0 bridgehead atoms. The van der Waals surface area contributed by atoms with Crippen molar-refractivity contribution in [3.8, 4) is 11.5 Å². The summed E-state index contributed by atoms with van der Waals surface area (Å²) >= 11 is 0. The molecule has 0 unspecified atom stereocenters. The zero-order valence-electron chi connectivity index (χ0n) is 9.83. The number of benzene rings is 2. The minimum Gasteiger partial charge on any atom is -0.455 e. The number of hydrogen-bond acceptors (Lipinski definition) is 2. The fraction of sp³-hybridized carbons (Fsp3) is 0.143. The Morgan fingerprint density at radius 3 is 2.47 bits per heavy atom. The van der Waals surface area contributed by atoms with Gasteiger partial charge in [0, 0.05) is 0 Å². The molecule has 0 aromatic heterocycles. The number of anilines is 1. The second-order valence-electron chi connectivity index (χ2n) is 4.01. The van der Waals surface area contributed by atoms with Crippen molar-refractivity contribution in [1.29, 1.82) is 0 Å². The maximum Gasteiger partial charge on any atom is 0.153 e. The summed E-state index contributed by atoms with van der Waals surface area (Å²) in [6.07, 6.45) is 0. The van der Waals surface area contributed by atoms with Crippen LogP contribution in [-0.4, -0.2) is 0 Å². The molecule has 2 aromatic rings. The molecule has 2 aromatic carbocycles. The topological polar surface area (TPSA) is 35.2 Å². The Kier molecular flexibility index (Phi) is 3.00. The van der Waals surface area contributed by atoms with E-state index >= 15 is 0 Å². The molecular weight excluding hydrogens is 217 g/mol. The molecular formula is C14H14FNO. The molecule has 0 atom stereocenters. The van der Waals surface area contributed by atoms with E-state index in [-0.39, 0.29) is 5.82 Å². The molecule has 0 radical (unpaired) electrons. The van der Waals surface area contributed by atoms with Crippen molar-refractivity contribution in [2.45, 2.75) is 13.8 Å². The van der Waals surface area contributed by atoms with Gasteiger partial charge in [0.15, 0.2) is 5.75 Å². The van der Waals surface area contributed by atoms with Crippen LogP contribution in [0.1, 0.15) is 11.1 Å². The lowest BCUT2D eigenvalue weighted by Crippen LogP contribution is -1.95. The van der Waals surface area contributed by atoms with Crippen LogP contribution in [0.2, 0.25) is 0 Å². The maximum absolute atomic E-state index is 13.1. The van der Waals surface area contributed by atoms with Gasteiger partial charge in [0.25, 0.3) is 0 Å². The second kappa shape index (κ2) is 4.45. The van der Waals surface area contributed by atoms with Crippen molar-refractivity contribution in [3.05, 3.63) is 53.3 Å². The molecule has 0 amide bonds. The van der Waals surface area contributed by atoms with Gasteiger partial charge in [0.1, 0.15) is 11.6 Å². The van der Waals surface area contributed by atoms with Crippen LogP contribution in [0.3, 0.4) is 0 Å². The predicted octanol–water partition coefficient (Wildman–Crippen LogP) is 3.82. The van der Waals surface area contributed by atoms with Crippen LogP contribution in [0.15, 0.2) is 36.4 Å². The number of halogens is 1. The molecule has 88 valence electrons. The Morgan fingerprint density at radius 1 is 1.06 bits per heavy atom. The first-order valence-corrected chi connectivity index (χ1v) is 5.37. The van der Waals surface area contributed by atoms with Gasteiger partial charge in [-0.05, 0) is 49.2 Å². The first-order valence-electron chi connectivity index (χ1n) is 5.37. The van der Waals surface area contributed by atoms with Gasteiger partial charge < -0.3 is 10.5 Å². The lowest BCUT2D eigenvalue weighted by atomic mass is 10.2. The number of rotatable bonds is 2. The van der Waals surface area contributed by atoms with E-state index in [1.54, 1.807) is 25.1 Å². The highest BCUT2D eigenvalue weighted by atomic mass is 19.1. The van der Waals surface area contributed by atoms with Crippen LogP contribution >= 0.6 is 0 Å². The number of nitrogens with two attached hydrogens (primary N) is 1. The Hall–Kier alpha value is -2.03. The van der Waals surface area contributed by atoms with E-state index in [4.69, 9.17) is 10.5 Å².